The molecule has 17 heavy (non-hydrogen) atoms. The summed E-state index contributed by atoms with van der Waals surface area (Å²) in [5.74, 6) is 2.61. The highest BCUT2D eigenvalue weighted by atomic mass is 15.2. The van der Waals surface area contributed by atoms with Gasteiger partial charge in [0.25, 0.3) is 0 Å². The van der Waals surface area contributed by atoms with Crippen LogP contribution in [0.4, 0.5) is 5.69 Å². The Balaban J connectivity index is 1.60. The molecule has 0 aliphatic heterocycles. The Bertz CT molecular complexity index is 496. The third kappa shape index (κ3) is 2.46. The zero-order valence-corrected chi connectivity index (χ0v) is 9.69. The maximum absolute atomic E-state index is 5.65. The van der Waals surface area contributed by atoms with Crippen LogP contribution in [0.2, 0.25) is 0 Å². The highest BCUT2D eigenvalue weighted by molar-refractivity contribution is 5.39. The lowest BCUT2D eigenvalue weighted by molar-refractivity contribution is 0.865. The summed E-state index contributed by atoms with van der Waals surface area (Å²) >= 11 is 0. The zero-order chi connectivity index (χ0) is 11.7. The number of nitrogen functional groups attached to an aromatic ring is 1. The summed E-state index contributed by atoms with van der Waals surface area (Å²) in [5.41, 5.74) is 7.74. The number of aryl methyl sites for hydroxylation is 2. The molecule has 1 aromatic carbocycles. The van der Waals surface area contributed by atoms with Crippen molar-refractivity contribution in [2.24, 2.45) is 0 Å². The second kappa shape index (κ2) is 4.20. The van der Waals surface area contributed by atoms with Gasteiger partial charge in [0.15, 0.2) is 5.82 Å². The summed E-state index contributed by atoms with van der Waals surface area (Å²) in [5, 5.41) is 7.27. The number of aromatic nitrogens is 3. The predicted octanol–water partition coefficient (Wildman–Crippen LogP) is 2.05. The first kappa shape index (κ1) is 10.3. The average Bonchev–Trinajstić information content (AvgIpc) is 3.09. The standard InChI is InChI=1S/C13H16N4/c14-11-6-1-9(2-7-11)3-8-12-15-13(17-16-12)10-4-5-10/h1-2,6-7,10H,3-5,8,14H2,(H,15,16,17). The summed E-state index contributed by atoms with van der Waals surface area (Å²) in [6.07, 6.45) is 4.37. The number of nitrogens with one attached hydrogen (secondary N) is 1. The molecule has 0 saturated heterocycles. The van der Waals surface area contributed by atoms with Crippen molar-refractivity contribution in [3.8, 4) is 0 Å². The van der Waals surface area contributed by atoms with Crippen molar-refractivity contribution >= 4 is 5.69 Å². The van der Waals surface area contributed by atoms with Gasteiger partial charge in [-0.1, -0.05) is 12.1 Å². The fourth-order valence-corrected chi connectivity index (χ4v) is 1.89. The number of rotatable bonds is 4. The van der Waals surface area contributed by atoms with E-state index < -0.39 is 0 Å². The molecule has 0 spiro atoms. The monoisotopic (exact) mass is 228 g/mol. The minimum Gasteiger partial charge on any atom is -0.399 e. The van der Waals surface area contributed by atoms with Gasteiger partial charge in [-0.05, 0) is 37.0 Å². The van der Waals surface area contributed by atoms with Crippen molar-refractivity contribution in [2.45, 2.75) is 31.6 Å². The molecule has 4 heteroatoms. The van der Waals surface area contributed by atoms with Crippen LogP contribution < -0.4 is 5.73 Å². The summed E-state index contributed by atoms with van der Waals surface area (Å²) in [6, 6.07) is 8.00. The second-order valence-corrected chi connectivity index (χ2v) is 4.66. The van der Waals surface area contributed by atoms with Gasteiger partial charge in [-0.3, -0.25) is 5.10 Å². The van der Waals surface area contributed by atoms with Gasteiger partial charge < -0.3 is 5.73 Å². The van der Waals surface area contributed by atoms with E-state index in [1.807, 2.05) is 12.1 Å². The molecule has 1 fully saturated rings. The van der Waals surface area contributed by atoms with E-state index in [1.54, 1.807) is 0 Å². The van der Waals surface area contributed by atoms with Crippen molar-refractivity contribution in [2.75, 3.05) is 5.73 Å². The first-order chi connectivity index (χ1) is 8.31. The highest BCUT2D eigenvalue weighted by Gasteiger charge is 2.27. The molecule has 0 amide bonds. The maximum Gasteiger partial charge on any atom is 0.153 e. The van der Waals surface area contributed by atoms with E-state index in [0.29, 0.717) is 5.92 Å². The molecule has 1 aromatic heterocycles. The Morgan fingerprint density at radius 3 is 2.65 bits per heavy atom. The second-order valence-electron chi connectivity index (χ2n) is 4.66. The van der Waals surface area contributed by atoms with Crippen LogP contribution in [0.15, 0.2) is 24.3 Å². The molecule has 0 unspecified atom stereocenters. The number of aromatic amines is 1. The molecular formula is C13H16N4. The molecule has 0 atom stereocenters. The average molecular weight is 228 g/mol. The Kier molecular flexibility index (Phi) is 2.55. The van der Waals surface area contributed by atoms with Crippen LogP contribution in [-0.4, -0.2) is 15.2 Å². The number of anilines is 1. The van der Waals surface area contributed by atoms with E-state index in [2.05, 4.69) is 27.3 Å². The van der Waals surface area contributed by atoms with E-state index in [0.717, 1.165) is 30.2 Å². The summed E-state index contributed by atoms with van der Waals surface area (Å²) in [4.78, 5) is 4.51. The van der Waals surface area contributed by atoms with E-state index in [1.165, 1.54) is 18.4 Å². The van der Waals surface area contributed by atoms with Crippen molar-refractivity contribution in [3.63, 3.8) is 0 Å². The summed E-state index contributed by atoms with van der Waals surface area (Å²) < 4.78 is 0. The number of H-pyrrole nitrogens is 1. The molecule has 2 aromatic rings. The summed E-state index contributed by atoms with van der Waals surface area (Å²) in [7, 11) is 0. The minimum atomic E-state index is 0.622. The zero-order valence-electron chi connectivity index (χ0n) is 9.69. The van der Waals surface area contributed by atoms with Crippen LogP contribution in [0.3, 0.4) is 0 Å². The van der Waals surface area contributed by atoms with Gasteiger partial charge in [0.1, 0.15) is 5.82 Å². The number of hydrogen-bond donors (Lipinski definition) is 2. The first-order valence-electron chi connectivity index (χ1n) is 6.07. The third-order valence-corrected chi connectivity index (χ3v) is 3.12. The summed E-state index contributed by atoms with van der Waals surface area (Å²) in [6.45, 7) is 0. The number of nitrogens with two attached hydrogens (primary N) is 1. The topological polar surface area (TPSA) is 67.6 Å². The number of nitrogens with zero attached hydrogens (tertiary/aromatic N) is 2. The van der Waals surface area contributed by atoms with Crippen LogP contribution in [0.25, 0.3) is 0 Å². The Morgan fingerprint density at radius 2 is 1.94 bits per heavy atom. The smallest absolute Gasteiger partial charge is 0.153 e. The van der Waals surface area contributed by atoms with Gasteiger partial charge in [0.05, 0.1) is 0 Å². The van der Waals surface area contributed by atoms with E-state index >= 15 is 0 Å². The van der Waals surface area contributed by atoms with Crippen molar-refractivity contribution < 1.29 is 0 Å². The molecule has 1 heterocycles. The van der Waals surface area contributed by atoms with E-state index in [9.17, 15) is 0 Å². The van der Waals surface area contributed by atoms with Crippen molar-refractivity contribution in [1.29, 1.82) is 0 Å². The first-order valence-corrected chi connectivity index (χ1v) is 6.07. The lowest BCUT2D eigenvalue weighted by Gasteiger charge is -1.99. The number of hydrogen-bond acceptors (Lipinski definition) is 3. The minimum absolute atomic E-state index is 0.622. The van der Waals surface area contributed by atoms with Crippen LogP contribution in [0, 0.1) is 0 Å². The molecule has 3 rings (SSSR count). The van der Waals surface area contributed by atoms with Crippen LogP contribution >= 0.6 is 0 Å². The van der Waals surface area contributed by atoms with Crippen LogP contribution in [-0.2, 0) is 12.8 Å². The Hall–Kier alpha value is -1.84. The number of benzene rings is 1. The van der Waals surface area contributed by atoms with E-state index in [-0.39, 0.29) is 0 Å². The molecule has 0 bridgehead atoms. The van der Waals surface area contributed by atoms with Crippen LogP contribution in [0.1, 0.15) is 36.0 Å². The van der Waals surface area contributed by atoms with Crippen molar-refractivity contribution in [1.82, 2.24) is 15.2 Å². The molecule has 1 saturated carbocycles. The Morgan fingerprint density at radius 1 is 1.18 bits per heavy atom. The maximum atomic E-state index is 5.65. The van der Waals surface area contributed by atoms with Gasteiger partial charge in [-0.15, -0.1) is 0 Å². The quantitative estimate of drug-likeness (QED) is 0.787. The van der Waals surface area contributed by atoms with E-state index in [4.69, 9.17) is 5.73 Å². The SMILES string of the molecule is Nc1ccc(CCc2nc(C3CC3)n[nH]2)cc1. The molecule has 0 radical (unpaired) electrons. The highest BCUT2D eigenvalue weighted by Crippen LogP contribution is 2.37. The molecule has 1 aliphatic rings. The molecule has 3 N–H and O–H groups in total. The van der Waals surface area contributed by atoms with Crippen LogP contribution in [0.5, 0.6) is 0 Å². The molecular weight excluding hydrogens is 212 g/mol. The molecule has 4 nitrogen and oxygen atoms in total. The lowest BCUT2D eigenvalue weighted by atomic mass is 10.1. The third-order valence-electron chi connectivity index (χ3n) is 3.12. The van der Waals surface area contributed by atoms with Gasteiger partial charge in [-0.25, -0.2) is 4.98 Å². The van der Waals surface area contributed by atoms with Gasteiger partial charge in [0.2, 0.25) is 0 Å². The largest absolute Gasteiger partial charge is 0.399 e. The van der Waals surface area contributed by atoms with Gasteiger partial charge in [0, 0.05) is 18.0 Å². The normalized spacial score (nSPS) is 15.1. The predicted molar refractivity (Wildman–Crippen MR) is 66.6 cm³/mol. The lowest BCUT2D eigenvalue weighted by Crippen LogP contribution is -1.94. The Labute approximate surface area is 100 Å². The van der Waals surface area contributed by atoms with Gasteiger partial charge >= 0.3 is 0 Å². The fraction of sp³-hybridized carbons (Fsp3) is 0.385. The van der Waals surface area contributed by atoms with Gasteiger partial charge in [-0.2, -0.15) is 5.10 Å². The fourth-order valence-electron chi connectivity index (χ4n) is 1.89. The molecule has 88 valence electrons. The van der Waals surface area contributed by atoms with Crippen molar-refractivity contribution in [3.05, 3.63) is 41.5 Å². The molecule has 1 aliphatic carbocycles.